The molecule has 10 nitrogen and oxygen atoms in total. The molecule has 0 bridgehead atoms. The van der Waals surface area contributed by atoms with Crippen LogP contribution in [0.4, 0.5) is 4.79 Å². The van der Waals surface area contributed by atoms with Crippen LogP contribution >= 0.6 is 23.2 Å². The summed E-state index contributed by atoms with van der Waals surface area (Å²) in [6, 6.07) is 1.57. The largest absolute Gasteiger partial charge is 0.803 e. The zero-order valence-corrected chi connectivity index (χ0v) is 22.7. The molecule has 0 fully saturated rings. The van der Waals surface area contributed by atoms with Gasteiger partial charge in [0.05, 0.1) is 15.6 Å². The van der Waals surface area contributed by atoms with Crippen LogP contribution in [-0.4, -0.2) is 65.4 Å². The predicted molar refractivity (Wildman–Crippen MR) is 143 cm³/mol. The lowest BCUT2D eigenvalue weighted by atomic mass is 9.98. The molecule has 1 aliphatic heterocycles. The Morgan fingerprint density at radius 3 is 2.65 bits per heavy atom. The molecular weight excluding hydrogens is 521 g/mol. The number of amides is 2. The molecule has 0 saturated carbocycles. The van der Waals surface area contributed by atoms with E-state index in [9.17, 15) is 19.8 Å². The summed E-state index contributed by atoms with van der Waals surface area (Å²) in [6.07, 6.45) is 3.04. The van der Waals surface area contributed by atoms with Crippen molar-refractivity contribution in [3.05, 3.63) is 50.6 Å². The fourth-order valence-electron chi connectivity index (χ4n) is 3.87. The molecule has 1 aromatic heterocycles. The van der Waals surface area contributed by atoms with E-state index >= 15 is 0 Å². The summed E-state index contributed by atoms with van der Waals surface area (Å²) in [4.78, 5) is 40.2. The maximum absolute atomic E-state index is 12.5. The van der Waals surface area contributed by atoms with Crippen LogP contribution in [0.5, 0.6) is 0 Å². The van der Waals surface area contributed by atoms with Gasteiger partial charge >= 0.3 is 12.1 Å². The number of H-pyrrole nitrogens is 1. The van der Waals surface area contributed by atoms with Gasteiger partial charge in [-0.1, -0.05) is 29.3 Å². The van der Waals surface area contributed by atoms with Gasteiger partial charge in [0.25, 0.3) is 5.91 Å². The maximum Gasteiger partial charge on any atom is 0.407 e. The minimum absolute atomic E-state index is 0.0682. The van der Waals surface area contributed by atoms with E-state index in [2.05, 4.69) is 15.6 Å². The molecule has 0 unspecified atom stereocenters. The minimum Gasteiger partial charge on any atom is -0.803 e. The Morgan fingerprint density at radius 2 is 1.97 bits per heavy atom. The van der Waals surface area contributed by atoms with Crippen molar-refractivity contribution in [2.75, 3.05) is 26.2 Å². The van der Waals surface area contributed by atoms with E-state index in [4.69, 9.17) is 32.7 Å². The number of aromatic nitrogens is 1. The zero-order valence-electron chi connectivity index (χ0n) is 21.2. The highest BCUT2D eigenvalue weighted by Gasteiger charge is 2.27. The molecule has 0 aliphatic carbocycles. The van der Waals surface area contributed by atoms with Gasteiger partial charge in [-0.3, -0.25) is 9.59 Å². The van der Waals surface area contributed by atoms with Crippen molar-refractivity contribution in [2.45, 2.75) is 46.3 Å². The second kappa shape index (κ2) is 11.9. The minimum atomic E-state index is -0.576. The number of ether oxygens (including phenoxy) is 2. The van der Waals surface area contributed by atoms with Crippen LogP contribution in [0.2, 0.25) is 10.0 Å². The van der Waals surface area contributed by atoms with E-state index in [1.54, 1.807) is 37.9 Å². The van der Waals surface area contributed by atoms with E-state index in [1.165, 1.54) is 13.0 Å². The molecule has 0 saturated heterocycles. The Balaban J connectivity index is 1.73. The molecule has 1 aromatic carbocycles. The molecular formula is C25H30Cl2N5O5-. The number of hydrogen-bond acceptors (Lipinski definition) is 6. The number of rotatable bonds is 8. The van der Waals surface area contributed by atoms with E-state index in [0.717, 1.165) is 11.3 Å². The molecule has 1 aliphatic rings. The summed E-state index contributed by atoms with van der Waals surface area (Å²) >= 11 is 12.8. The Hall–Kier alpha value is -3.24. The number of fused-ring (bicyclic) bond motifs is 3. The Kier molecular flexibility index (Phi) is 9.09. The first kappa shape index (κ1) is 28.3. The summed E-state index contributed by atoms with van der Waals surface area (Å²) in [5, 5.41) is 17.7. The second-order valence-corrected chi connectivity index (χ2v) is 10.3. The molecule has 0 atom stereocenters. The van der Waals surface area contributed by atoms with Gasteiger partial charge in [-0.2, -0.15) is 0 Å². The Bertz CT molecular complexity index is 1250. The average Bonchev–Trinajstić information content (AvgIpc) is 3.19. The number of aromatic amines is 1. The van der Waals surface area contributed by atoms with Gasteiger partial charge in [0.2, 0.25) is 0 Å². The van der Waals surface area contributed by atoms with Crippen LogP contribution in [0.1, 0.15) is 44.5 Å². The zero-order chi connectivity index (χ0) is 27.3. The van der Waals surface area contributed by atoms with Crippen LogP contribution in [0.3, 0.4) is 0 Å². The van der Waals surface area contributed by atoms with Crippen molar-refractivity contribution in [1.82, 2.24) is 20.5 Å². The average molecular weight is 551 g/mol. The third kappa shape index (κ3) is 7.39. The number of hydrogen-bond donors (Lipinski definition) is 3. The van der Waals surface area contributed by atoms with E-state index < -0.39 is 17.7 Å². The first-order chi connectivity index (χ1) is 17.4. The van der Waals surface area contributed by atoms with Gasteiger partial charge in [-0.15, -0.1) is 5.71 Å². The summed E-state index contributed by atoms with van der Waals surface area (Å²) in [6.45, 7) is 7.69. The second-order valence-electron chi connectivity index (χ2n) is 9.50. The SMILES string of the molecule is CC(=O)OCC(=O)N1CCc2[nH]c3c(Cl)c(Cl)cc(C(=[N-])/C=C\NCCNC(=O)OC(C)(C)C)c3c2C1. The van der Waals surface area contributed by atoms with Crippen LogP contribution in [0, 0.1) is 0 Å². The summed E-state index contributed by atoms with van der Waals surface area (Å²) in [5.74, 6) is -0.837. The third-order valence-electron chi connectivity index (χ3n) is 5.47. The smallest absolute Gasteiger partial charge is 0.407 e. The van der Waals surface area contributed by atoms with Gasteiger partial charge in [0.15, 0.2) is 6.61 Å². The van der Waals surface area contributed by atoms with Crippen molar-refractivity contribution in [3.63, 3.8) is 0 Å². The van der Waals surface area contributed by atoms with Crippen LogP contribution in [0.15, 0.2) is 18.3 Å². The number of nitrogens with zero attached hydrogens (tertiary/aromatic N) is 2. The standard InChI is InChI=1S/C25H30Cl2N5O5/c1-14(33)36-13-20(34)32-10-6-19-16(12-32)21-15(11-17(26)22(27)23(21)31-19)18(28)5-7-29-8-9-30-24(35)37-25(2,3)4/h5,7,11,29,31H,6,8-10,12-13H2,1-4H3,(H,30,35)/q-1/b7-5-. The molecule has 200 valence electrons. The molecule has 3 rings (SSSR count). The maximum atomic E-state index is 12.5. The topological polar surface area (TPSA) is 135 Å². The highest BCUT2D eigenvalue weighted by Crippen LogP contribution is 2.38. The van der Waals surface area contributed by atoms with Crippen molar-refractivity contribution >= 4 is 57.8 Å². The molecule has 0 spiro atoms. The lowest BCUT2D eigenvalue weighted by Crippen LogP contribution is -2.38. The number of alkyl carbamates (subject to hydrolysis) is 1. The normalized spacial score (nSPS) is 13.4. The van der Waals surface area contributed by atoms with Crippen LogP contribution in [-0.2, 0) is 32.0 Å². The van der Waals surface area contributed by atoms with Crippen LogP contribution in [0.25, 0.3) is 16.3 Å². The first-order valence-electron chi connectivity index (χ1n) is 11.7. The van der Waals surface area contributed by atoms with E-state index in [1.807, 2.05) is 0 Å². The van der Waals surface area contributed by atoms with Gasteiger partial charge in [0, 0.05) is 56.2 Å². The lowest BCUT2D eigenvalue weighted by Gasteiger charge is -2.27. The van der Waals surface area contributed by atoms with Crippen molar-refractivity contribution < 1.29 is 23.9 Å². The number of halogens is 2. The predicted octanol–water partition coefficient (Wildman–Crippen LogP) is 3.91. The monoisotopic (exact) mass is 550 g/mol. The molecule has 2 heterocycles. The van der Waals surface area contributed by atoms with Crippen molar-refractivity contribution in [3.8, 4) is 0 Å². The highest BCUT2D eigenvalue weighted by atomic mass is 35.5. The van der Waals surface area contributed by atoms with Gasteiger partial charge in [0.1, 0.15) is 5.60 Å². The van der Waals surface area contributed by atoms with Gasteiger partial charge < -0.3 is 35.4 Å². The van der Waals surface area contributed by atoms with Gasteiger partial charge in [-0.05, 0) is 38.6 Å². The number of carbonyl (C=O) groups excluding carboxylic acids is 3. The summed E-state index contributed by atoms with van der Waals surface area (Å²) < 4.78 is 10.0. The molecule has 2 aromatic rings. The van der Waals surface area contributed by atoms with Crippen LogP contribution < -0.4 is 10.6 Å². The van der Waals surface area contributed by atoms with E-state index in [-0.39, 0.29) is 29.8 Å². The Morgan fingerprint density at radius 1 is 1.24 bits per heavy atom. The molecule has 2 amide bonds. The number of nitrogens with one attached hydrogen (secondary N) is 3. The fourth-order valence-corrected chi connectivity index (χ4v) is 4.27. The quantitative estimate of drug-likeness (QED) is 0.259. The summed E-state index contributed by atoms with van der Waals surface area (Å²) in [5.41, 5.74) is 2.06. The lowest BCUT2D eigenvalue weighted by molar-refractivity contribution is -0.150. The molecule has 37 heavy (non-hydrogen) atoms. The number of esters is 1. The van der Waals surface area contributed by atoms with Gasteiger partial charge in [-0.25, -0.2) is 4.79 Å². The third-order valence-corrected chi connectivity index (χ3v) is 6.25. The number of carbonyl (C=O) groups is 3. The Labute approximate surface area is 225 Å². The highest BCUT2D eigenvalue weighted by molar-refractivity contribution is 6.46. The fraction of sp³-hybridized carbons (Fsp3) is 0.440. The number of allylic oxidation sites excluding steroid dienone is 1. The van der Waals surface area contributed by atoms with Crippen molar-refractivity contribution in [1.29, 1.82) is 0 Å². The summed E-state index contributed by atoms with van der Waals surface area (Å²) in [7, 11) is 0. The molecule has 0 radical (unpaired) electrons. The van der Waals surface area contributed by atoms with E-state index in [0.29, 0.717) is 47.5 Å². The molecule has 12 heteroatoms. The van der Waals surface area contributed by atoms with Crippen molar-refractivity contribution in [2.24, 2.45) is 0 Å². The first-order valence-corrected chi connectivity index (χ1v) is 12.5. The number of benzene rings is 1. The molecule has 3 N–H and O–H groups in total.